The Labute approximate surface area is 170 Å². The molecule has 0 atom stereocenters. The fourth-order valence-corrected chi connectivity index (χ4v) is 2.87. The summed E-state index contributed by atoms with van der Waals surface area (Å²) in [5.41, 5.74) is 3.83. The van der Waals surface area contributed by atoms with E-state index < -0.39 is 11.8 Å². The summed E-state index contributed by atoms with van der Waals surface area (Å²) in [6.45, 7) is 0.114. The maximum atomic E-state index is 12.7. The van der Waals surface area contributed by atoms with Gasteiger partial charge in [-0.25, -0.2) is 5.01 Å². The van der Waals surface area contributed by atoms with Crippen molar-refractivity contribution in [1.29, 1.82) is 0 Å². The van der Waals surface area contributed by atoms with E-state index in [0.717, 1.165) is 3.57 Å². The fourth-order valence-electron chi connectivity index (χ4n) is 2.51. The van der Waals surface area contributed by atoms with Crippen LogP contribution in [0.1, 0.15) is 5.56 Å². The number of nitrogens with zero attached hydrogens (tertiary/aromatic N) is 1. The summed E-state index contributed by atoms with van der Waals surface area (Å²) in [4.78, 5) is 24.9. The van der Waals surface area contributed by atoms with Crippen molar-refractivity contribution >= 4 is 46.2 Å². The van der Waals surface area contributed by atoms with Crippen molar-refractivity contribution in [3.8, 4) is 23.8 Å². The Hall–Kier alpha value is -2.99. The maximum Gasteiger partial charge on any atom is 0.282 e. The third-order valence-electron chi connectivity index (χ3n) is 3.79. The minimum Gasteiger partial charge on any atom is -0.493 e. The smallest absolute Gasteiger partial charge is 0.282 e. The van der Waals surface area contributed by atoms with Gasteiger partial charge in [-0.05, 0) is 70.6 Å². The van der Waals surface area contributed by atoms with E-state index >= 15 is 0 Å². The highest BCUT2D eigenvalue weighted by Gasteiger charge is 2.34. The van der Waals surface area contributed by atoms with Gasteiger partial charge >= 0.3 is 0 Å². The Morgan fingerprint density at radius 1 is 1.19 bits per heavy atom. The first-order chi connectivity index (χ1) is 13.0. The molecule has 1 N–H and O–H groups in total. The van der Waals surface area contributed by atoms with Gasteiger partial charge in [0, 0.05) is 3.57 Å². The van der Waals surface area contributed by atoms with Crippen LogP contribution in [0.25, 0.3) is 6.08 Å². The predicted molar refractivity (Wildman–Crippen MR) is 110 cm³/mol. The molecule has 27 heavy (non-hydrogen) atoms. The van der Waals surface area contributed by atoms with Gasteiger partial charge in [0.25, 0.3) is 11.8 Å². The molecule has 0 bridgehead atoms. The van der Waals surface area contributed by atoms with Crippen LogP contribution in [-0.2, 0) is 9.59 Å². The zero-order chi connectivity index (χ0) is 19.4. The number of methoxy groups -OCH3 is 1. The highest BCUT2D eigenvalue weighted by molar-refractivity contribution is 14.1. The second-order valence-corrected chi connectivity index (χ2v) is 6.76. The summed E-state index contributed by atoms with van der Waals surface area (Å²) < 4.78 is 11.7. The molecule has 2 amide bonds. The average molecular weight is 474 g/mol. The summed E-state index contributed by atoms with van der Waals surface area (Å²) in [6.07, 6.45) is 6.71. The van der Waals surface area contributed by atoms with E-state index in [1.807, 2.05) is 12.1 Å². The molecule has 0 radical (unpaired) electrons. The minimum atomic E-state index is -0.467. The number of hydrogen-bond acceptors (Lipinski definition) is 4. The second kappa shape index (κ2) is 8.14. The Kier molecular flexibility index (Phi) is 5.66. The molecule has 1 aliphatic heterocycles. The number of benzene rings is 2. The molecule has 1 heterocycles. The number of halogens is 1. The third-order valence-corrected chi connectivity index (χ3v) is 4.51. The van der Waals surface area contributed by atoms with Crippen molar-refractivity contribution in [3.05, 3.63) is 57.2 Å². The van der Waals surface area contributed by atoms with Crippen LogP contribution in [0.5, 0.6) is 11.5 Å². The molecule has 0 spiro atoms. The molecule has 2 aromatic carbocycles. The Morgan fingerprint density at radius 2 is 1.93 bits per heavy atom. The number of rotatable bonds is 5. The van der Waals surface area contributed by atoms with E-state index in [2.05, 4.69) is 33.9 Å². The third kappa shape index (κ3) is 4.06. The highest BCUT2D eigenvalue weighted by Crippen LogP contribution is 2.30. The number of hydrogen-bond donors (Lipinski definition) is 1. The molecule has 0 unspecified atom stereocenters. The molecule has 1 fully saturated rings. The van der Waals surface area contributed by atoms with E-state index in [9.17, 15) is 9.59 Å². The van der Waals surface area contributed by atoms with Crippen LogP contribution < -0.4 is 19.9 Å². The first-order valence-electron chi connectivity index (χ1n) is 7.90. The van der Waals surface area contributed by atoms with Crippen molar-refractivity contribution in [1.82, 2.24) is 5.43 Å². The van der Waals surface area contributed by atoms with Gasteiger partial charge in [0.15, 0.2) is 11.5 Å². The molecular weight excluding hydrogens is 459 g/mol. The topological polar surface area (TPSA) is 67.9 Å². The zero-order valence-electron chi connectivity index (χ0n) is 14.4. The van der Waals surface area contributed by atoms with E-state index in [0.29, 0.717) is 22.7 Å². The van der Waals surface area contributed by atoms with Crippen molar-refractivity contribution < 1.29 is 19.1 Å². The molecule has 1 saturated heterocycles. The van der Waals surface area contributed by atoms with E-state index in [1.54, 1.807) is 30.3 Å². The Balaban J connectivity index is 1.88. The number of nitrogens with one attached hydrogen (secondary N) is 1. The van der Waals surface area contributed by atoms with Crippen LogP contribution in [0.2, 0.25) is 0 Å². The number of hydrazine groups is 1. The van der Waals surface area contributed by atoms with Crippen molar-refractivity contribution in [2.75, 3.05) is 18.7 Å². The quantitative estimate of drug-likeness (QED) is 0.313. The Morgan fingerprint density at radius 3 is 2.59 bits per heavy atom. The van der Waals surface area contributed by atoms with Gasteiger partial charge in [-0.1, -0.05) is 12.0 Å². The number of terminal acetylenes is 1. The van der Waals surface area contributed by atoms with Crippen molar-refractivity contribution in [2.45, 2.75) is 0 Å². The maximum absolute atomic E-state index is 12.7. The predicted octanol–water partition coefficient (Wildman–Crippen LogP) is 2.77. The molecule has 1 aliphatic rings. The first kappa shape index (κ1) is 18.8. The number of carbonyl (C=O) groups is 2. The monoisotopic (exact) mass is 474 g/mol. The summed E-state index contributed by atoms with van der Waals surface area (Å²) in [6, 6.07) is 12.3. The van der Waals surface area contributed by atoms with Gasteiger partial charge in [0.1, 0.15) is 12.2 Å². The van der Waals surface area contributed by atoms with Crippen LogP contribution in [0.4, 0.5) is 5.69 Å². The molecule has 7 heteroatoms. The van der Waals surface area contributed by atoms with Crippen LogP contribution in [0.3, 0.4) is 0 Å². The molecule has 0 saturated carbocycles. The second-order valence-electron chi connectivity index (χ2n) is 5.52. The lowest BCUT2D eigenvalue weighted by atomic mass is 10.1. The number of ether oxygens (including phenoxy) is 2. The van der Waals surface area contributed by atoms with Crippen molar-refractivity contribution in [2.24, 2.45) is 0 Å². The number of anilines is 1. The molecule has 0 aliphatic carbocycles. The standard InChI is InChI=1S/C20H15IN2O4/c1-3-10-27-17-9-4-13(12-18(17)26-2)11-16-19(24)22-23(20(16)25)15-7-5-14(21)6-8-15/h1,4-9,11-12H,10H2,2H3,(H,22,24)/b16-11-. The summed E-state index contributed by atoms with van der Waals surface area (Å²) in [5, 5.41) is 1.23. The minimum absolute atomic E-state index is 0.0351. The normalized spacial score (nSPS) is 14.9. The average Bonchev–Trinajstić information content (AvgIpc) is 2.95. The molecule has 2 aromatic rings. The van der Waals surface area contributed by atoms with Gasteiger partial charge < -0.3 is 9.47 Å². The summed E-state index contributed by atoms with van der Waals surface area (Å²) in [7, 11) is 1.50. The molecule has 136 valence electrons. The SMILES string of the molecule is C#CCOc1ccc(/C=C2/C(=O)NN(c3ccc(I)cc3)C2=O)cc1OC. The summed E-state index contributed by atoms with van der Waals surface area (Å²) >= 11 is 2.17. The zero-order valence-corrected chi connectivity index (χ0v) is 16.5. The van der Waals surface area contributed by atoms with Gasteiger partial charge in [-0.2, -0.15) is 0 Å². The van der Waals surface area contributed by atoms with Crippen molar-refractivity contribution in [3.63, 3.8) is 0 Å². The highest BCUT2D eigenvalue weighted by atomic mass is 127. The van der Waals surface area contributed by atoms with Gasteiger partial charge in [0.2, 0.25) is 0 Å². The lowest BCUT2D eigenvalue weighted by Crippen LogP contribution is -2.35. The molecular formula is C20H15IN2O4. The largest absolute Gasteiger partial charge is 0.493 e. The number of carbonyl (C=O) groups excluding carboxylic acids is 2. The number of amides is 2. The van der Waals surface area contributed by atoms with Gasteiger partial charge in [-0.15, -0.1) is 6.42 Å². The van der Waals surface area contributed by atoms with Crippen LogP contribution in [0, 0.1) is 15.9 Å². The van der Waals surface area contributed by atoms with E-state index in [-0.39, 0.29) is 12.2 Å². The summed E-state index contributed by atoms with van der Waals surface area (Å²) in [5.74, 6) is 2.44. The van der Waals surface area contributed by atoms with Crippen LogP contribution in [0.15, 0.2) is 48.0 Å². The van der Waals surface area contributed by atoms with E-state index in [4.69, 9.17) is 15.9 Å². The van der Waals surface area contributed by atoms with Crippen LogP contribution in [-0.4, -0.2) is 25.5 Å². The first-order valence-corrected chi connectivity index (χ1v) is 8.98. The van der Waals surface area contributed by atoms with E-state index in [1.165, 1.54) is 18.2 Å². The Bertz CT molecular complexity index is 961. The van der Waals surface area contributed by atoms with Gasteiger partial charge in [-0.3, -0.25) is 15.0 Å². The lowest BCUT2D eigenvalue weighted by molar-refractivity contribution is -0.117. The molecule has 6 nitrogen and oxygen atoms in total. The lowest BCUT2D eigenvalue weighted by Gasteiger charge is -2.14. The molecule has 3 rings (SSSR count). The molecule has 0 aromatic heterocycles. The fraction of sp³-hybridized carbons (Fsp3) is 0.100. The van der Waals surface area contributed by atoms with Crippen LogP contribution >= 0.6 is 22.6 Å². The van der Waals surface area contributed by atoms with Gasteiger partial charge in [0.05, 0.1) is 12.8 Å².